The van der Waals surface area contributed by atoms with E-state index in [2.05, 4.69) is 0 Å². The average molecular weight is 272 g/mol. The summed E-state index contributed by atoms with van der Waals surface area (Å²) in [6.07, 6.45) is 1.29. The first-order valence-electron chi connectivity index (χ1n) is 6.02. The molecule has 2 rings (SSSR count). The fourth-order valence-corrected chi connectivity index (χ4v) is 2.33. The molecule has 1 fully saturated rings. The molecule has 0 spiro atoms. The van der Waals surface area contributed by atoms with Crippen LogP contribution in [0, 0.1) is 27.7 Å². The highest BCUT2D eigenvalue weighted by Gasteiger charge is 2.28. The van der Waals surface area contributed by atoms with Gasteiger partial charge in [-0.2, -0.15) is 4.39 Å². The van der Waals surface area contributed by atoms with Crippen molar-refractivity contribution < 1.29 is 18.8 Å². The first-order chi connectivity index (χ1) is 9.02. The van der Waals surface area contributed by atoms with Crippen molar-refractivity contribution in [3.8, 4) is 0 Å². The Labute approximate surface area is 108 Å². The minimum Gasteiger partial charge on any atom is -0.396 e. The van der Waals surface area contributed by atoms with E-state index in [-0.39, 0.29) is 18.2 Å². The zero-order chi connectivity index (χ0) is 14.0. The van der Waals surface area contributed by atoms with Crippen molar-refractivity contribution in [1.29, 1.82) is 0 Å². The molecule has 1 aromatic rings. The van der Waals surface area contributed by atoms with Gasteiger partial charge in [0, 0.05) is 31.8 Å². The van der Waals surface area contributed by atoms with Crippen molar-refractivity contribution in [2.24, 2.45) is 5.92 Å². The SMILES string of the molecule is O=[N+]([O-])c1c(F)cc(F)cc1N1CCC(CO)CC1. The third-order valence-electron chi connectivity index (χ3n) is 3.40. The number of piperidine rings is 1. The maximum Gasteiger partial charge on any atom is 0.328 e. The highest BCUT2D eigenvalue weighted by molar-refractivity contribution is 5.64. The van der Waals surface area contributed by atoms with E-state index in [4.69, 9.17) is 5.11 Å². The lowest BCUT2D eigenvalue weighted by Crippen LogP contribution is -2.35. The molecule has 0 aromatic heterocycles. The lowest BCUT2D eigenvalue weighted by Gasteiger charge is -2.32. The molecule has 0 radical (unpaired) electrons. The summed E-state index contributed by atoms with van der Waals surface area (Å²) in [5.41, 5.74) is -0.720. The molecule has 1 aliphatic heterocycles. The van der Waals surface area contributed by atoms with E-state index in [1.165, 1.54) is 0 Å². The lowest BCUT2D eigenvalue weighted by atomic mass is 9.97. The molecule has 1 heterocycles. The molecule has 1 N–H and O–H groups in total. The second-order valence-electron chi connectivity index (χ2n) is 4.63. The molecule has 1 aromatic carbocycles. The topological polar surface area (TPSA) is 66.6 Å². The van der Waals surface area contributed by atoms with E-state index in [9.17, 15) is 18.9 Å². The van der Waals surface area contributed by atoms with Gasteiger partial charge in [0.15, 0.2) is 0 Å². The molecule has 0 saturated carbocycles. The standard InChI is InChI=1S/C12H14F2N2O3/c13-9-5-10(14)12(16(18)19)11(6-9)15-3-1-8(7-17)2-4-15/h5-6,8,17H,1-4,7H2. The zero-order valence-electron chi connectivity index (χ0n) is 10.2. The second kappa shape index (κ2) is 5.48. The Kier molecular flexibility index (Phi) is 3.94. The van der Waals surface area contributed by atoms with Crippen molar-refractivity contribution in [1.82, 2.24) is 0 Å². The smallest absolute Gasteiger partial charge is 0.328 e. The molecule has 0 atom stereocenters. The Morgan fingerprint density at radius 1 is 1.37 bits per heavy atom. The monoisotopic (exact) mass is 272 g/mol. The van der Waals surface area contributed by atoms with Gasteiger partial charge in [0.25, 0.3) is 0 Å². The van der Waals surface area contributed by atoms with Crippen LogP contribution in [0.4, 0.5) is 20.2 Å². The number of nitrogens with zero attached hydrogens (tertiary/aromatic N) is 2. The summed E-state index contributed by atoms with van der Waals surface area (Å²) in [7, 11) is 0. The van der Waals surface area contributed by atoms with Gasteiger partial charge < -0.3 is 10.0 Å². The fraction of sp³-hybridized carbons (Fsp3) is 0.500. The predicted octanol–water partition coefficient (Wildman–Crippen LogP) is 2.08. The first kappa shape index (κ1) is 13.7. The minimum absolute atomic E-state index is 0.0288. The molecule has 0 amide bonds. The van der Waals surface area contributed by atoms with Crippen LogP contribution in [0.1, 0.15) is 12.8 Å². The van der Waals surface area contributed by atoms with Gasteiger partial charge in [-0.05, 0) is 18.8 Å². The molecule has 19 heavy (non-hydrogen) atoms. The van der Waals surface area contributed by atoms with E-state index in [1.807, 2.05) is 0 Å². The van der Waals surface area contributed by atoms with Gasteiger partial charge in [-0.3, -0.25) is 10.1 Å². The number of halogens is 2. The van der Waals surface area contributed by atoms with Gasteiger partial charge in [-0.1, -0.05) is 0 Å². The number of aliphatic hydroxyl groups excluding tert-OH is 1. The van der Waals surface area contributed by atoms with Gasteiger partial charge in [-0.15, -0.1) is 0 Å². The number of aliphatic hydroxyl groups is 1. The van der Waals surface area contributed by atoms with E-state index in [1.54, 1.807) is 4.90 Å². The van der Waals surface area contributed by atoms with Gasteiger partial charge >= 0.3 is 5.69 Å². The number of benzene rings is 1. The molecule has 1 aliphatic rings. The van der Waals surface area contributed by atoms with Crippen LogP contribution in [-0.2, 0) is 0 Å². The summed E-state index contributed by atoms with van der Waals surface area (Å²) in [5.74, 6) is -1.85. The van der Waals surface area contributed by atoms with Crippen molar-refractivity contribution >= 4 is 11.4 Å². The summed E-state index contributed by atoms with van der Waals surface area (Å²) < 4.78 is 26.8. The number of nitro groups is 1. The van der Waals surface area contributed by atoms with Crippen molar-refractivity contribution in [2.45, 2.75) is 12.8 Å². The van der Waals surface area contributed by atoms with Crippen LogP contribution in [0.2, 0.25) is 0 Å². The van der Waals surface area contributed by atoms with Crippen LogP contribution in [0.15, 0.2) is 12.1 Å². The quantitative estimate of drug-likeness (QED) is 0.675. The van der Waals surface area contributed by atoms with E-state index in [0.29, 0.717) is 32.0 Å². The molecule has 0 aliphatic carbocycles. The summed E-state index contributed by atoms with van der Waals surface area (Å²) in [4.78, 5) is 11.7. The third kappa shape index (κ3) is 2.81. The molecule has 0 bridgehead atoms. The molecule has 7 heteroatoms. The van der Waals surface area contributed by atoms with E-state index in [0.717, 1.165) is 6.07 Å². The highest BCUT2D eigenvalue weighted by atomic mass is 19.1. The molecular weight excluding hydrogens is 258 g/mol. The molecular formula is C12H14F2N2O3. The molecule has 5 nitrogen and oxygen atoms in total. The van der Waals surface area contributed by atoms with Crippen LogP contribution in [-0.4, -0.2) is 29.7 Å². The van der Waals surface area contributed by atoms with Gasteiger partial charge in [-0.25, -0.2) is 4.39 Å². The Morgan fingerprint density at radius 3 is 2.53 bits per heavy atom. The van der Waals surface area contributed by atoms with Gasteiger partial charge in [0.1, 0.15) is 11.5 Å². The highest BCUT2D eigenvalue weighted by Crippen LogP contribution is 2.34. The fourth-order valence-electron chi connectivity index (χ4n) is 2.33. The van der Waals surface area contributed by atoms with Gasteiger partial charge in [0.2, 0.25) is 5.82 Å². The number of hydrogen-bond donors (Lipinski definition) is 1. The number of nitro benzene ring substituents is 1. The Morgan fingerprint density at radius 2 is 2.00 bits per heavy atom. The summed E-state index contributed by atoms with van der Waals surface area (Å²) in [6.45, 7) is 0.942. The van der Waals surface area contributed by atoms with E-state index < -0.39 is 22.2 Å². The normalized spacial score (nSPS) is 16.7. The van der Waals surface area contributed by atoms with Crippen LogP contribution in [0.5, 0.6) is 0 Å². The number of anilines is 1. The second-order valence-corrected chi connectivity index (χ2v) is 4.63. The Bertz CT molecular complexity index is 488. The molecule has 1 saturated heterocycles. The molecule has 104 valence electrons. The van der Waals surface area contributed by atoms with Crippen molar-refractivity contribution in [2.75, 3.05) is 24.6 Å². The van der Waals surface area contributed by atoms with Crippen LogP contribution in [0.25, 0.3) is 0 Å². The molecule has 0 unspecified atom stereocenters. The van der Waals surface area contributed by atoms with Crippen molar-refractivity contribution in [3.63, 3.8) is 0 Å². The number of hydrogen-bond acceptors (Lipinski definition) is 4. The van der Waals surface area contributed by atoms with Crippen molar-refractivity contribution in [3.05, 3.63) is 33.9 Å². The summed E-state index contributed by atoms with van der Waals surface area (Å²) >= 11 is 0. The lowest BCUT2D eigenvalue weighted by molar-refractivity contribution is -0.386. The third-order valence-corrected chi connectivity index (χ3v) is 3.40. The Hall–Kier alpha value is -1.76. The largest absolute Gasteiger partial charge is 0.396 e. The summed E-state index contributed by atoms with van der Waals surface area (Å²) in [5, 5.41) is 19.9. The Balaban J connectivity index is 2.31. The van der Waals surface area contributed by atoms with Crippen LogP contribution in [0.3, 0.4) is 0 Å². The maximum atomic E-state index is 13.5. The average Bonchev–Trinajstić information content (AvgIpc) is 2.37. The minimum atomic E-state index is -1.16. The zero-order valence-corrected chi connectivity index (χ0v) is 10.2. The van der Waals surface area contributed by atoms with E-state index >= 15 is 0 Å². The van der Waals surface area contributed by atoms with Crippen LogP contribution >= 0.6 is 0 Å². The maximum absolute atomic E-state index is 13.5. The predicted molar refractivity (Wildman–Crippen MR) is 65.0 cm³/mol. The number of rotatable bonds is 3. The first-order valence-corrected chi connectivity index (χ1v) is 6.02. The van der Waals surface area contributed by atoms with Gasteiger partial charge in [0.05, 0.1) is 4.92 Å². The summed E-state index contributed by atoms with van der Waals surface area (Å²) in [6, 6.07) is 1.50. The van der Waals surface area contributed by atoms with Crippen LogP contribution < -0.4 is 4.90 Å².